The quantitative estimate of drug-likeness (QED) is 0.568. The van der Waals surface area contributed by atoms with Crippen molar-refractivity contribution in [2.45, 2.75) is 26.1 Å². The number of aromatic nitrogens is 2. The summed E-state index contributed by atoms with van der Waals surface area (Å²) in [6.07, 6.45) is -0.642. The molecule has 2 heterocycles. The van der Waals surface area contributed by atoms with E-state index in [9.17, 15) is 14.0 Å². The van der Waals surface area contributed by atoms with Crippen LogP contribution in [0.2, 0.25) is 0 Å². The van der Waals surface area contributed by atoms with Gasteiger partial charge in [-0.05, 0) is 36.8 Å². The van der Waals surface area contributed by atoms with E-state index in [1.165, 1.54) is 23.5 Å². The van der Waals surface area contributed by atoms with Crippen molar-refractivity contribution in [2.75, 3.05) is 18.0 Å². The minimum Gasteiger partial charge on any atom is -0.477 e. The number of halogens is 1. The number of hydrogen-bond acceptors (Lipinski definition) is 7. The van der Waals surface area contributed by atoms with Crippen LogP contribution in [0.15, 0.2) is 48.5 Å². The van der Waals surface area contributed by atoms with E-state index in [0.29, 0.717) is 30.4 Å². The third-order valence-electron chi connectivity index (χ3n) is 4.86. The predicted molar refractivity (Wildman–Crippen MR) is 118 cm³/mol. The van der Waals surface area contributed by atoms with Crippen molar-refractivity contribution < 1.29 is 18.7 Å². The number of rotatable bonds is 7. The van der Waals surface area contributed by atoms with Gasteiger partial charge >= 0.3 is 0 Å². The van der Waals surface area contributed by atoms with Gasteiger partial charge in [-0.3, -0.25) is 9.59 Å². The first-order chi connectivity index (χ1) is 15.5. The molecule has 1 atom stereocenters. The number of nitrogens with one attached hydrogen (secondary N) is 2. The fraction of sp³-hybridized carbons (Fsp3) is 0.273. The maximum absolute atomic E-state index is 13.0. The molecule has 0 unspecified atom stereocenters. The van der Waals surface area contributed by atoms with Gasteiger partial charge in [0.15, 0.2) is 6.10 Å². The molecular formula is C22H22FN5O3S. The number of benzene rings is 2. The van der Waals surface area contributed by atoms with Gasteiger partial charge in [-0.15, -0.1) is 10.2 Å². The van der Waals surface area contributed by atoms with Gasteiger partial charge in [-0.2, -0.15) is 0 Å². The molecular weight excluding hydrogens is 433 g/mol. The van der Waals surface area contributed by atoms with Crippen LogP contribution < -0.4 is 20.3 Å². The largest absolute Gasteiger partial charge is 0.477 e. The summed E-state index contributed by atoms with van der Waals surface area (Å²) in [4.78, 5) is 26.8. The van der Waals surface area contributed by atoms with E-state index in [1.54, 1.807) is 12.1 Å². The molecule has 10 heteroatoms. The van der Waals surface area contributed by atoms with E-state index < -0.39 is 6.10 Å². The van der Waals surface area contributed by atoms with Crippen LogP contribution in [0.4, 0.5) is 10.1 Å². The second-order valence-corrected chi connectivity index (χ2v) is 8.22. The summed E-state index contributed by atoms with van der Waals surface area (Å²) in [5, 5.41) is 14.6. The zero-order valence-electron chi connectivity index (χ0n) is 17.4. The van der Waals surface area contributed by atoms with Crippen LogP contribution in [0.5, 0.6) is 5.75 Å². The van der Waals surface area contributed by atoms with Crippen LogP contribution in [0.1, 0.15) is 27.3 Å². The second-order valence-electron chi connectivity index (χ2n) is 7.16. The van der Waals surface area contributed by atoms with Crippen LogP contribution in [-0.4, -0.2) is 41.2 Å². The average molecular weight is 456 g/mol. The lowest BCUT2D eigenvalue weighted by Gasteiger charge is -2.35. The third-order valence-corrected chi connectivity index (χ3v) is 5.77. The summed E-state index contributed by atoms with van der Waals surface area (Å²) in [7, 11) is 0. The van der Waals surface area contributed by atoms with Crippen molar-refractivity contribution in [1.29, 1.82) is 0 Å². The number of likely N-dealkylation sites (N-methyl/N-ethyl adjacent to an activating group) is 1. The first kappa shape index (κ1) is 21.7. The Morgan fingerprint density at radius 3 is 2.72 bits per heavy atom. The zero-order chi connectivity index (χ0) is 22.5. The van der Waals surface area contributed by atoms with Crippen molar-refractivity contribution >= 4 is 28.8 Å². The molecule has 1 aromatic heterocycles. The Labute approximate surface area is 188 Å². The summed E-state index contributed by atoms with van der Waals surface area (Å²) in [5.74, 6) is -0.226. The van der Waals surface area contributed by atoms with Gasteiger partial charge in [0, 0.05) is 13.1 Å². The smallest absolute Gasteiger partial charge is 0.282 e. The molecule has 0 radical (unpaired) electrons. The number of carbonyl (C=O) groups excluding carboxylic acids is 2. The van der Waals surface area contributed by atoms with Crippen molar-refractivity contribution in [1.82, 2.24) is 20.8 Å². The fourth-order valence-corrected chi connectivity index (χ4v) is 4.09. The summed E-state index contributed by atoms with van der Waals surface area (Å²) in [6, 6.07) is 13.4. The molecule has 0 saturated carbocycles. The number of nitrogens with zero attached hydrogens (tertiary/aromatic N) is 3. The van der Waals surface area contributed by atoms with E-state index in [0.717, 1.165) is 11.3 Å². The van der Waals surface area contributed by atoms with Gasteiger partial charge in [0.2, 0.25) is 5.01 Å². The Morgan fingerprint density at radius 1 is 1.16 bits per heavy atom. The molecule has 8 nitrogen and oxygen atoms in total. The highest BCUT2D eigenvalue weighted by atomic mass is 32.1. The lowest BCUT2D eigenvalue weighted by molar-refractivity contribution is -0.127. The van der Waals surface area contributed by atoms with Crippen molar-refractivity contribution in [2.24, 2.45) is 0 Å². The third kappa shape index (κ3) is 5.02. The van der Waals surface area contributed by atoms with E-state index >= 15 is 0 Å². The molecule has 3 aromatic rings. The van der Waals surface area contributed by atoms with Crippen LogP contribution in [0, 0.1) is 5.82 Å². The average Bonchev–Trinajstić information content (AvgIpc) is 3.27. The number of hydrogen-bond donors (Lipinski definition) is 2. The molecule has 0 aliphatic carbocycles. The van der Waals surface area contributed by atoms with E-state index in [-0.39, 0.29) is 29.2 Å². The molecule has 1 aliphatic heterocycles. The normalized spacial score (nSPS) is 14.9. The Hall–Kier alpha value is -3.53. The summed E-state index contributed by atoms with van der Waals surface area (Å²) in [6.45, 7) is 3.39. The second kappa shape index (κ2) is 9.73. The molecule has 2 aromatic carbocycles. The van der Waals surface area contributed by atoms with Crippen LogP contribution in [0.3, 0.4) is 0 Å². The maximum Gasteiger partial charge on any atom is 0.282 e. The Balaban J connectivity index is 1.43. The standard InChI is InChI=1S/C22H22FN5O3S/c1-2-24-20(29)18-12-28(16-5-3-4-6-17(16)31-18)13-19-26-27-22(32-19)21(30)25-11-14-7-9-15(23)10-8-14/h3-10,18H,2,11-13H2,1H3,(H,24,29)(H,25,30)/t18-/m0/s1. The molecule has 2 amide bonds. The highest BCUT2D eigenvalue weighted by molar-refractivity contribution is 7.13. The molecule has 4 rings (SSSR count). The van der Waals surface area contributed by atoms with Gasteiger partial charge < -0.3 is 20.3 Å². The highest BCUT2D eigenvalue weighted by Crippen LogP contribution is 2.34. The highest BCUT2D eigenvalue weighted by Gasteiger charge is 2.31. The van der Waals surface area contributed by atoms with Gasteiger partial charge in [0.1, 0.15) is 16.6 Å². The molecule has 1 aliphatic rings. The van der Waals surface area contributed by atoms with Crippen LogP contribution in [-0.2, 0) is 17.9 Å². The molecule has 0 fully saturated rings. The minimum atomic E-state index is -0.642. The number of para-hydroxylation sites is 2. The van der Waals surface area contributed by atoms with E-state index in [1.807, 2.05) is 36.1 Å². The molecule has 2 N–H and O–H groups in total. The molecule has 0 saturated heterocycles. The number of fused-ring (bicyclic) bond motifs is 1. The SMILES string of the molecule is CCNC(=O)[C@@H]1CN(Cc2nnc(C(=O)NCc3ccc(F)cc3)s2)c2ccccc2O1. The molecule has 166 valence electrons. The van der Waals surface area contributed by atoms with Crippen molar-refractivity contribution in [3.8, 4) is 5.75 Å². The van der Waals surface area contributed by atoms with Crippen LogP contribution in [0.25, 0.3) is 0 Å². The Morgan fingerprint density at radius 2 is 1.94 bits per heavy atom. The summed E-state index contributed by atoms with van der Waals surface area (Å²) < 4.78 is 18.9. The first-order valence-corrected chi connectivity index (χ1v) is 11.0. The van der Waals surface area contributed by atoms with E-state index in [4.69, 9.17) is 4.74 Å². The monoisotopic (exact) mass is 455 g/mol. The van der Waals surface area contributed by atoms with E-state index in [2.05, 4.69) is 20.8 Å². The fourth-order valence-electron chi connectivity index (χ4n) is 3.31. The van der Waals surface area contributed by atoms with Crippen molar-refractivity contribution in [3.05, 3.63) is 69.9 Å². The molecule has 0 bridgehead atoms. The van der Waals surface area contributed by atoms with Crippen LogP contribution >= 0.6 is 11.3 Å². The zero-order valence-corrected chi connectivity index (χ0v) is 18.2. The molecule has 32 heavy (non-hydrogen) atoms. The lowest BCUT2D eigenvalue weighted by Crippen LogP contribution is -2.48. The number of amides is 2. The Kier molecular flexibility index (Phi) is 6.60. The maximum atomic E-state index is 13.0. The number of ether oxygens (including phenoxy) is 1. The first-order valence-electron chi connectivity index (χ1n) is 10.2. The van der Waals surface area contributed by atoms with Gasteiger partial charge in [0.25, 0.3) is 11.8 Å². The van der Waals surface area contributed by atoms with Gasteiger partial charge in [-0.1, -0.05) is 35.6 Å². The summed E-state index contributed by atoms with van der Waals surface area (Å²) in [5.41, 5.74) is 1.64. The topological polar surface area (TPSA) is 96.5 Å². The minimum absolute atomic E-state index is 0.176. The number of anilines is 1. The molecule has 0 spiro atoms. The lowest BCUT2D eigenvalue weighted by atomic mass is 10.2. The number of carbonyl (C=O) groups is 2. The van der Waals surface area contributed by atoms with Gasteiger partial charge in [-0.25, -0.2) is 4.39 Å². The van der Waals surface area contributed by atoms with Gasteiger partial charge in [0.05, 0.1) is 18.8 Å². The predicted octanol–water partition coefficient (Wildman–Crippen LogP) is 2.51. The summed E-state index contributed by atoms with van der Waals surface area (Å²) >= 11 is 1.19. The van der Waals surface area contributed by atoms with Crippen molar-refractivity contribution in [3.63, 3.8) is 0 Å². The Bertz CT molecular complexity index is 1100.